The molecular formula is C12H21N3O2S. The molecule has 5 nitrogen and oxygen atoms in total. The first kappa shape index (κ1) is 13.5. The highest BCUT2D eigenvalue weighted by molar-refractivity contribution is 7.89. The minimum atomic E-state index is -3.70. The molecule has 0 spiro atoms. The molecule has 0 radical (unpaired) electrons. The van der Waals surface area contributed by atoms with Crippen LogP contribution in [0, 0.1) is 18.8 Å². The van der Waals surface area contributed by atoms with Gasteiger partial charge in [0.15, 0.2) is 5.03 Å². The highest BCUT2D eigenvalue weighted by atomic mass is 32.2. The van der Waals surface area contributed by atoms with Crippen molar-refractivity contribution in [2.24, 2.45) is 17.0 Å². The van der Waals surface area contributed by atoms with E-state index in [4.69, 9.17) is 5.14 Å². The molecule has 2 rings (SSSR count). The zero-order valence-electron chi connectivity index (χ0n) is 11.1. The number of rotatable bonds is 2. The van der Waals surface area contributed by atoms with Gasteiger partial charge in [-0.15, -0.1) is 0 Å². The van der Waals surface area contributed by atoms with Gasteiger partial charge < -0.3 is 4.57 Å². The zero-order chi connectivity index (χ0) is 13.5. The molecule has 1 heterocycles. The van der Waals surface area contributed by atoms with Crippen molar-refractivity contribution in [1.82, 2.24) is 9.55 Å². The number of sulfonamides is 1. The van der Waals surface area contributed by atoms with Gasteiger partial charge in [-0.2, -0.15) is 0 Å². The summed E-state index contributed by atoms with van der Waals surface area (Å²) in [5.41, 5.74) is 0. The van der Waals surface area contributed by atoms with Gasteiger partial charge >= 0.3 is 0 Å². The third-order valence-corrected chi connectivity index (χ3v) is 4.93. The summed E-state index contributed by atoms with van der Waals surface area (Å²) in [5.74, 6) is 2.12. The minimum absolute atomic E-state index is 0.0220. The molecule has 102 valence electrons. The third-order valence-electron chi connectivity index (χ3n) is 4.15. The smallest absolute Gasteiger partial charge is 0.257 e. The van der Waals surface area contributed by atoms with Gasteiger partial charge in [0.25, 0.3) is 10.0 Å². The fraction of sp³-hybridized carbons (Fsp3) is 0.750. The predicted octanol–water partition coefficient (Wildman–Crippen LogP) is 1.84. The minimum Gasteiger partial charge on any atom is -0.331 e. The molecule has 0 aliphatic heterocycles. The van der Waals surface area contributed by atoms with E-state index in [2.05, 4.69) is 18.8 Å². The monoisotopic (exact) mass is 271 g/mol. The number of aromatic nitrogens is 2. The van der Waals surface area contributed by atoms with E-state index in [1.54, 1.807) is 6.20 Å². The Bertz CT molecular complexity index is 536. The van der Waals surface area contributed by atoms with Gasteiger partial charge in [-0.1, -0.05) is 13.8 Å². The van der Waals surface area contributed by atoms with Gasteiger partial charge in [-0.3, -0.25) is 0 Å². The van der Waals surface area contributed by atoms with Crippen LogP contribution in [0.5, 0.6) is 0 Å². The van der Waals surface area contributed by atoms with Crippen LogP contribution in [0.3, 0.4) is 0 Å². The third kappa shape index (κ3) is 2.59. The maximum Gasteiger partial charge on any atom is 0.257 e. The van der Waals surface area contributed by atoms with E-state index in [1.807, 2.05) is 11.5 Å². The topological polar surface area (TPSA) is 78.0 Å². The Hall–Kier alpha value is -0.880. The lowest BCUT2D eigenvalue weighted by atomic mass is 9.79. The molecule has 0 amide bonds. The number of nitrogens with two attached hydrogens (primary N) is 1. The van der Waals surface area contributed by atoms with Crippen molar-refractivity contribution in [3.63, 3.8) is 0 Å². The van der Waals surface area contributed by atoms with E-state index in [9.17, 15) is 8.42 Å². The molecule has 0 bridgehead atoms. The number of primary sulfonamides is 1. The molecule has 1 saturated carbocycles. The molecular weight excluding hydrogens is 250 g/mol. The summed E-state index contributed by atoms with van der Waals surface area (Å²) in [7, 11) is -3.70. The molecule has 3 unspecified atom stereocenters. The lowest BCUT2D eigenvalue weighted by Crippen LogP contribution is -2.23. The van der Waals surface area contributed by atoms with Crippen LogP contribution in [0.15, 0.2) is 11.2 Å². The van der Waals surface area contributed by atoms with E-state index in [1.165, 1.54) is 6.42 Å². The van der Waals surface area contributed by atoms with Crippen molar-refractivity contribution >= 4 is 10.0 Å². The normalized spacial score (nSPS) is 29.4. The second-order valence-electron chi connectivity index (χ2n) is 5.50. The van der Waals surface area contributed by atoms with E-state index in [-0.39, 0.29) is 5.03 Å². The largest absolute Gasteiger partial charge is 0.331 e. The van der Waals surface area contributed by atoms with Crippen LogP contribution in [0.1, 0.15) is 45.0 Å². The van der Waals surface area contributed by atoms with Crippen molar-refractivity contribution < 1.29 is 8.42 Å². The SMILES string of the molecule is Cc1nc(S(N)(=O)=O)cn1C1CCC(C)C(C)C1. The van der Waals surface area contributed by atoms with E-state index < -0.39 is 10.0 Å². The molecule has 1 fully saturated rings. The summed E-state index contributed by atoms with van der Waals surface area (Å²) in [5, 5.41) is 5.09. The second kappa shape index (κ2) is 4.66. The average molecular weight is 271 g/mol. The van der Waals surface area contributed by atoms with Gasteiger partial charge in [0.1, 0.15) is 5.82 Å². The van der Waals surface area contributed by atoms with E-state index in [0.29, 0.717) is 12.0 Å². The Morgan fingerprint density at radius 3 is 2.50 bits per heavy atom. The lowest BCUT2D eigenvalue weighted by molar-refractivity contribution is 0.209. The van der Waals surface area contributed by atoms with Crippen molar-refractivity contribution in [3.05, 3.63) is 12.0 Å². The number of nitrogens with zero attached hydrogens (tertiary/aromatic N) is 2. The number of hydrogen-bond acceptors (Lipinski definition) is 3. The highest BCUT2D eigenvalue weighted by Gasteiger charge is 2.27. The fourth-order valence-corrected chi connectivity index (χ4v) is 3.26. The molecule has 0 saturated heterocycles. The van der Waals surface area contributed by atoms with Crippen LogP contribution in [0.4, 0.5) is 0 Å². The van der Waals surface area contributed by atoms with Gasteiger partial charge in [0.05, 0.1) is 0 Å². The van der Waals surface area contributed by atoms with Gasteiger partial charge in [0, 0.05) is 12.2 Å². The first-order chi connectivity index (χ1) is 8.29. The summed E-state index contributed by atoms with van der Waals surface area (Å²) in [4.78, 5) is 4.05. The van der Waals surface area contributed by atoms with Crippen molar-refractivity contribution in [1.29, 1.82) is 0 Å². The molecule has 1 aliphatic carbocycles. The summed E-state index contributed by atoms with van der Waals surface area (Å²) in [6, 6.07) is 0.346. The molecule has 18 heavy (non-hydrogen) atoms. The molecule has 0 aromatic carbocycles. The molecule has 2 N–H and O–H groups in total. The second-order valence-corrected chi connectivity index (χ2v) is 7.01. The van der Waals surface area contributed by atoms with Crippen molar-refractivity contribution in [2.75, 3.05) is 0 Å². The molecule has 1 aromatic rings. The van der Waals surface area contributed by atoms with Gasteiger partial charge in [-0.05, 0) is 38.0 Å². The van der Waals surface area contributed by atoms with Crippen LogP contribution >= 0.6 is 0 Å². The summed E-state index contributed by atoms with van der Waals surface area (Å²) in [6.07, 6.45) is 4.90. The maximum absolute atomic E-state index is 11.3. The van der Waals surface area contributed by atoms with Crippen LogP contribution in [-0.2, 0) is 10.0 Å². The Balaban J connectivity index is 2.27. The molecule has 3 atom stereocenters. The Morgan fingerprint density at radius 2 is 2.00 bits per heavy atom. The van der Waals surface area contributed by atoms with E-state index >= 15 is 0 Å². The summed E-state index contributed by atoms with van der Waals surface area (Å²) in [6.45, 7) is 6.36. The van der Waals surface area contributed by atoms with Crippen LogP contribution in [0.2, 0.25) is 0 Å². The van der Waals surface area contributed by atoms with Gasteiger partial charge in [0.2, 0.25) is 0 Å². The van der Waals surface area contributed by atoms with Crippen molar-refractivity contribution in [2.45, 2.75) is 51.1 Å². The highest BCUT2D eigenvalue weighted by Crippen LogP contribution is 2.36. The molecule has 6 heteroatoms. The zero-order valence-corrected chi connectivity index (χ0v) is 11.9. The number of imidazole rings is 1. The van der Waals surface area contributed by atoms with Crippen LogP contribution < -0.4 is 5.14 Å². The van der Waals surface area contributed by atoms with Crippen molar-refractivity contribution in [3.8, 4) is 0 Å². The Kier molecular flexibility index (Phi) is 3.51. The van der Waals surface area contributed by atoms with E-state index in [0.717, 1.165) is 24.6 Å². The lowest BCUT2D eigenvalue weighted by Gasteiger charge is -2.33. The average Bonchev–Trinajstić information content (AvgIpc) is 2.64. The maximum atomic E-state index is 11.3. The molecule has 1 aliphatic rings. The number of aryl methyl sites for hydroxylation is 1. The quantitative estimate of drug-likeness (QED) is 0.891. The standard InChI is InChI=1S/C12H21N3O2S/c1-8-4-5-11(6-9(8)2)15-7-12(14-10(15)3)18(13,16)17/h7-9,11H,4-6H2,1-3H3,(H2,13,16,17). The summed E-state index contributed by atoms with van der Waals surface area (Å²) >= 11 is 0. The van der Waals surface area contributed by atoms with Crippen LogP contribution in [-0.4, -0.2) is 18.0 Å². The summed E-state index contributed by atoms with van der Waals surface area (Å²) < 4.78 is 24.6. The molecule has 1 aromatic heterocycles. The Labute approximate surface area is 108 Å². The first-order valence-electron chi connectivity index (χ1n) is 6.37. The fourth-order valence-electron chi connectivity index (χ4n) is 2.74. The predicted molar refractivity (Wildman–Crippen MR) is 69.6 cm³/mol. The first-order valence-corrected chi connectivity index (χ1v) is 7.92. The van der Waals surface area contributed by atoms with Gasteiger partial charge in [-0.25, -0.2) is 18.5 Å². The van der Waals surface area contributed by atoms with Crippen LogP contribution in [0.25, 0.3) is 0 Å². The Morgan fingerprint density at radius 1 is 1.33 bits per heavy atom. The number of hydrogen-bond donors (Lipinski definition) is 1.